The summed E-state index contributed by atoms with van der Waals surface area (Å²) in [6.45, 7) is 6.59. The molecule has 1 atom stereocenters. The number of nitrogens with one attached hydrogen (secondary N) is 1. The predicted molar refractivity (Wildman–Crippen MR) is 67.3 cm³/mol. The molecule has 2 nitrogen and oxygen atoms in total. The van der Waals surface area contributed by atoms with Crippen LogP contribution in [0.4, 0.5) is 5.69 Å². The molecule has 0 aliphatic heterocycles. The molecule has 15 heavy (non-hydrogen) atoms. The third kappa shape index (κ3) is 4.34. The van der Waals surface area contributed by atoms with E-state index in [0.717, 1.165) is 13.1 Å². The van der Waals surface area contributed by atoms with Crippen molar-refractivity contribution in [2.24, 2.45) is 0 Å². The summed E-state index contributed by atoms with van der Waals surface area (Å²) in [4.78, 5) is 2.38. The van der Waals surface area contributed by atoms with Gasteiger partial charge in [-0.15, -0.1) is 0 Å². The van der Waals surface area contributed by atoms with E-state index in [0.29, 0.717) is 6.04 Å². The molecule has 1 aromatic carbocycles. The van der Waals surface area contributed by atoms with Gasteiger partial charge in [0.05, 0.1) is 0 Å². The zero-order chi connectivity index (χ0) is 11.1. The van der Waals surface area contributed by atoms with Crippen molar-refractivity contribution in [3.63, 3.8) is 0 Å². The molecule has 1 rings (SSSR count). The van der Waals surface area contributed by atoms with Crippen LogP contribution in [0.2, 0.25) is 0 Å². The average molecular weight is 206 g/mol. The normalized spacial score (nSPS) is 12.8. The Morgan fingerprint density at radius 1 is 1.27 bits per heavy atom. The summed E-state index contributed by atoms with van der Waals surface area (Å²) in [5.74, 6) is 0. The first-order valence-corrected chi connectivity index (χ1v) is 5.73. The summed E-state index contributed by atoms with van der Waals surface area (Å²) in [5, 5.41) is 3.41. The molecule has 84 valence electrons. The Hall–Kier alpha value is -1.02. The van der Waals surface area contributed by atoms with E-state index in [1.54, 1.807) is 0 Å². The number of rotatable bonds is 6. The average Bonchev–Trinajstić information content (AvgIpc) is 2.29. The maximum atomic E-state index is 3.41. The largest absolute Gasteiger partial charge is 0.384 e. The molecule has 0 saturated heterocycles. The van der Waals surface area contributed by atoms with Crippen LogP contribution in [0.25, 0.3) is 0 Å². The Morgan fingerprint density at radius 2 is 1.93 bits per heavy atom. The van der Waals surface area contributed by atoms with E-state index >= 15 is 0 Å². The van der Waals surface area contributed by atoms with Gasteiger partial charge in [-0.1, -0.05) is 25.1 Å². The lowest BCUT2D eigenvalue weighted by molar-refractivity contribution is 0.261. The van der Waals surface area contributed by atoms with Gasteiger partial charge in [0.1, 0.15) is 0 Å². The van der Waals surface area contributed by atoms with Crippen molar-refractivity contribution in [2.45, 2.75) is 26.3 Å². The quantitative estimate of drug-likeness (QED) is 0.770. The first-order chi connectivity index (χ1) is 7.24. The van der Waals surface area contributed by atoms with E-state index in [4.69, 9.17) is 0 Å². The Balaban J connectivity index is 2.22. The van der Waals surface area contributed by atoms with Crippen molar-refractivity contribution < 1.29 is 0 Å². The van der Waals surface area contributed by atoms with Gasteiger partial charge in [-0.3, -0.25) is 0 Å². The first kappa shape index (κ1) is 12.1. The van der Waals surface area contributed by atoms with Crippen LogP contribution in [0.1, 0.15) is 20.3 Å². The maximum absolute atomic E-state index is 3.41. The minimum Gasteiger partial charge on any atom is -0.384 e. The van der Waals surface area contributed by atoms with Crippen molar-refractivity contribution in [1.82, 2.24) is 4.90 Å². The smallest absolute Gasteiger partial charge is 0.0340 e. The summed E-state index contributed by atoms with van der Waals surface area (Å²) < 4.78 is 0. The standard InChI is InChI=1S/C13H22N2/c1-4-12(2)15(3)11-10-14-13-8-6-5-7-9-13/h5-9,12,14H,4,10-11H2,1-3H3. The molecule has 1 unspecified atom stereocenters. The molecule has 0 aromatic heterocycles. The molecule has 0 radical (unpaired) electrons. The molecule has 0 fully saturated rings. The molecule has 0 heterocycles. The Labute approximate surface area is 93.3 Å². The molecule has 0 amide bonds. The second-order valence-corrected chi connectivity index (χ2v) is 4.03. The van der Waals surface area contributed by atoms with Crippen molar-refractivity contribution in [2.75, 3.05) is 25.5 Å². The predicted octanol–water partition coefficient (Wildman–Crippen LogP) is 2.83. The van der Waals surface area contributed by atoms with Crippen LogP contribution in [-0.4, -0.2) is 31.1 Å². The highest BCUT2D eigenvalue weighted by Crippen LogP contribution is 2.05. The van der Waals surface area contributed by atoms with Crippen LogP contribution in [0.3, 0.4) is 0 Å². The summed E-state index contributed by atoms with van der Waals surface area (Å²) in [5.41, 5.74) is 1.20. The molecule has 2 heteroatoms. The fourth-order valence-electron chi connectivity index (χ4n) is 1.46. The Kier molecular flexibility index (Phi) is 5.19. The van der Waals surface area contributed by atoms with Crippen molar-refractivity contribution in [3.05, 3.63) is 30.3 Å². The first-order valence-electron chi connectivity index (χ1n) is 5.73. The van der Waals surface area contributed by atoms with Crippen molar-refractivity contribution >= 4 is 5.69 Å². The molecule has 0 aliphatic rings. The SMILES string of the molecule is CCC(C)N(C)CCNc1ccccc1. The van der Waals surface area contributed by atoms with Gasteiger partial charge in [-0.05, 0) is 32.5 Å². The van der Waals surface area contributed by atoms with Crippen LogP contribution in [0.15, 0.2) is 30.3 Å². The van der Waals surface area contributed by atoms with Gasteiger partial charge in [-0.25, -0.2) is 0 Å². The number of hydrogen-bond donors (Lipinski definition) is 1. The molecule has 0 aliphatic carbocycles. The van der Waals surface area contributed by atoms with Gasteiger partial charge in [0, 0.05) is 24.8 Å². The van der Waals surface area contributed by atoms with Crippen molar-refractivity contribution in [1.29, 1.82) is 0 Å². The molecule has 0 bridgehead atoms. The molecule has 0 saturated carbocycles. The van der Waals surface area contributed by atoms with E-state index in [-0.39, 0.29) is 0 Å². The molecule has 0 spiro atoms. The highest BCUT2D eigenvalue weighted by molar-refractivity contribution is 5.42. The topological polar surface area (TPSA) is 15.3 Å². The zero-order valence-corrected chi connectivity index (χ0v) is 10.0. The highest BCUT2D eigenvalue weighted by Gasteiger charge is 2.04. The maximum Gasteiger partial charge on any atom is 0.0340 e. The fraction of sp³-hybridized carbons (Fsp3) is 0.538. The number of nitrogens with zero attached hydrogens (tertiary/aromatic N) is 1. The second kappa shape index (κ2) is 6.46. The summed E-state index contributed by atoms with van der Waals surface area (Å²) in [7, 11) is 2.18. The third-order valence-electron chi connectivity index (χ3n) is 2.91. The van der Waals surface area contributed by atoms with Crippen LogP contribution in [0.5, 0.6) is 0 Å². The Bertz CT molecular complexity index is 258. The van der Waals surface area contributed by atoms with E-state index in [2.05, 4.69) is 55.4 Å². The number of anilines is 1. The van der Waals surface area contributed by atoms with Gasteiger partial charge in [0.15, 0.2) is 0 Å². The van der Waals surface area contributed by atoms with E-state index in [9.17, 15) is 0 Å². The third-order valence-corrected chi connectivity index (χ3v) is 2.91. The number of likely N-dealkylation sites (N-methyl/N-ethyl adjacent to an activating group) is 1. The van der Waals surface area contributed by atoms with Crippen LogP contribution in [-0.2, 0) is 0 Å². The van der Waals surface area contributed by atoms with Gasteiger partial charge < -0.3 is 10.2 Å². The van der Waals surface area contributed by atoms with Gasteiger partial charge in [0.25, 0.3) is 0 Å². The molecule has 1 N–H and O–H groups in total. The summed E-state index contributed by atoms with van der Waals surface area (Å²) >= 11 is 0. The summed E-state index contributed by atoms with van der Waals surface area (Å²) in [6, 6.07) is 11.0. The minimum atomic E-state index is 0.669. The molecular weight excluding hydrogens is 184 g/mol. The fourth-order valence-corrected chi connectivity index (χ4v) is 1.46. The lowest BCUT2D eigenvalue weighted by Crippen LogP contribution is -2.32. The lowest BCUT2D eigenvalue weighted by Gasteiger charge is -2.23. The van der Waals surface area contributed by atoms with E-state index in [1.165, 1.54) is 12.1 Å². The zero-order valence-electron chi connectivity index (χ0n) is 10.0. The highest BCUT2D eigenvalue weighted by atomic mass is 15.1. The van der Waals surface area contributed by atoms with Crippen LogP contribution >= 0.6 is 0 Å². The van der Waals surface area contributed by atoms with E-state index < -0.39 is 0 Å². The van der Waals surface area contributed by atoms with Crippen LogP contribution < -0.4 is 5.32 Å². The van der Waals surface area contributed by atoms with Gasteiger partial charge in [0.2, 0.25) is 0 Å². The number of hydrogen-bond acceptors (Lipinski definition) is 2. The Morgan fingerprint density at radius 3 is 2.53 bits per heavy atom. The lowest BCUT2D eigenvalue weighted by atomic mass is 10.2. The van der Waals surface area contributed by atoms with E-state index in [1.807, 2.05) is 6.07 Å². The number of para-hydroxylation sites is 1. The van der Waals surface area contributed by atoms with Crippen LogP contribution in [0, 0.1) is 0 Å². The second-order valence-electron chi connectivity index (χ2n) is 4.03. The minimum absolute atomic E-state index is 0.669. The monoisotopic (exact) mass is 206 g/mol. The number of benzene rings is 1. The van der Waals surface area contributed by atoms with Gasteiger partial charge in [-0.2, -0.15) is 0 Å². The molecule has 1 aromatic rings. The summed E-state index contributed by atoms with van der Waals surface area (Å²) in [6.07, 6.45) is 1.21. The molecular formula is C13H22N2. The van der Waals surface area contributed by atoms with Gasteiger partial charge >= 0.3 is 0 Å². The van der Waals surface area contributed by atoms with Crippen molar-refractivity contribution in [3.8, 4) is 0 Å².